The first-order valence-corrected chi connectivity index (χ1v) is 11.9. The molecule has 1 N–H and O–H groups in total. The van der Waals surface area contributed by atoms with Gasteiger partial charge in [-0.2, -0.15) is 9.61 Å². The van der Waals surface area contributed by atoms with Crippen molar-refractivity contribution < 1.29 is 13.6 Å². The number of carbonyl (C=O) groups excluding carboxylic acids is 1. The van der Waals surface area contributed by atoms with Crippen molar-refractivity contribution in [1.82, 2.24) is 24.4 Å². The van der Waals surface area contributed by atoms with Crippen molar-refractivity contribution in [2.45, 2.75) is 13.5 Å². The average Bonchev–Trinajstić information content (AvgIpc) is 3.27. The number of urea groups is 1. The van der Waals surface area contributed by atoms with Crippen LogP contribution in [0, 0.1) is 18.6 Å². The van der Waals surface area contributed by atoms with Crippen molar-refractivity contribution in [1.29, 1.82) is 0 Å². The summed E-state index contributed by atoms with van der Waals surface area (Å²) in [6.45, 7) is 4.32. The van der Waals surface area contributed by atoms with Gasteiger partial charge in [0.25, 0.3) is 5.56 Å². The quantitative estimate of drug-likeness (QED) is 0.465. The smallest absolute Gasteiger partial charge is 0.321 e. The van der Waals surface area contributed by atoms with Crippen molar-refractivity contribution in [2.75, 3.05) is 31.5 Å². The molecule has 0 unspecified atom stereocenters. The Morgan fingerprint density at radius 2 is 1.89 bits per heavy atom. The molecule has 1 saturated heterocycles. The van der Waals surface area contributed by atoms with Crippen molar-refractivity contribution in [2.24, 2.45) is 0 Å². The molecule has 0 bridgehead atoms. The van der Waals surface area contributed by atoms with Crippen molar-refractivity contribution in [3.63, 3.8) is 0 Å². The van der Waals surface area contributed by atoms with E-state index in [0.29, 0.717) is 65.2 Å². The zero-order chi connectivity index (χ0) is 24.5. The first-order valence-electron chi connectivity index (χ1n) is 11.1. The van der Waals surface area contributed by atoms with E-state index in [1.54, 1.807) is 36.1 Å². The second-order valence-electron chi connectivity index (χ2n) is 8.35. The molecule has 3 heterocycles. The maximum absolute atomic E-state index is 13.7. The number of anilines is 1. The van der Waals surface area contributed by atoms with E-state index in [2.05, 4.69) is 20.3 Å². The Balaban J connectivity index is 1.23. The molecule has 1 aliphatic rings. The molecule has 180 valence electrons. The Bertz CT molecular complexity index is 1460. The van der Waals surface area contributed by atoms with Crippen LogP contribution in [-0.4, -0.2) is 56.6 Å². The van der Waals surface area contributed by atoms with Gasteiger partial charge < -0.3 is 10.2 Å². The van der Waals surface area contributed by atoms with Crippen LogP contribution in [-0.2, 0) is 6.54 Å². The van der Waals surface area contributed by atoms with Gasteiger partial charge in [-0.25, -0.2) is 18.6 Å². The highest BCUT2D eigenvalue weighted by molar-refractivity contribution is 7.19. The fourth-order valence-electron chi connectivity index (χ4n) is 3.89. The zero-order valence-corrected chi connectivity index (χ0v) is 19.7. The fraction of sp³-hybridized carbons (Fsp3) is 0.250. The van der Waals surface area contributed by atoms with Crippen molar-refractivity contribution in [3.05, 3.63) is 81.8 Å². The summed E-state index contributed by atoms with van der Waals surface area (Å²) >= 11 is 1.22. The minimum atomic E-state index is -0.374. The molecule has 0 spiro atoms. The SMILES string of the molecule is Cc1ccc(NC(=O)N2CCN(Cc3cc(=O)n4nc(-c5cccc(F)c5)sc4n3)CC2)cc1F. The van der Waals surface area contributed by atoms with Gasteiger partial charge in [0.15, 0.2) is 0 Å². The summed E-state index contributed by atoms with van der Waals surface area (Å²) in [5.74, 6) is -0.737. The minimum Gasteiger partial charge on any atom is -0.322 e. The summed E-state index contributed by atoms with van der Waals surface area (Å²) in [7, 11) is 0. The van der Waals surface area contributed by atoms with E-state index in [1.807, 2.05) is 0 Å². The van der Waals surface area contributed by atoms with Gasteiger partial charge in [-0.05, 0) is 36.8 Å². The van der Waals surface area contributed by atoms with E-state index in [4.69, 9.17) is 0 Å². The number of nitrogens with zero attached hydrogens (tertiary/aromatic N) is 5. The lowest BCUT2D eigenvalue weighted by atomic mass is 10.2. The summed E-state index contributed by atoms with van der Waals surface area (Å²) in [4.78, 5) is 34.0. The van der Waals surface area contributed by atoms with Gasteiger partial charge in [0.05, 0.1) is 5.69 Å². The maximum Gasteiger partial charge on any atom is 0.321 e. The molecule has 0 aliphatic carbocycles. The summed E-state index contributed by atoms with van der Waals surface area (Å²) in [5, 5.41) is 7.54. The lowest BCUT2D eigenvalue weighted by Gasteiger charge is -2.34. The second-order valence-corrected chi connectivity index (χ2v) is 9.31. The van der Waals surface area contributed by atoms with Crippen molar-refractivity contribution >= 4 is 28.0 Å². The van der Waals surface area contributed by atoms with Crippen LogP contribution in [0.3, 0.4) is 0 Å². The number of aromatic nitrogens is 3. The summed E-state index contributed by atoms with van der Waals surface area (Å²) in [6.07, 6.45) is 0. The van der Waals surface area contributed by atoms with E-state index in [0.717, 1.165) is 0 Å². The molecule has 1 aliphatic heterocycles. The minimum absolute atomic E-state index is 0.278. The summed E-state index contributed by atoms with van der Waals surface area (Å²) in [6, 6.07) is 11.8. The number of hydrogen-bond donors (Lipinski definition) is 1. The number of fused-ring (bicyclic) bond motifs is 1. The van der Waals surface area contributed by atoms with E-state index in [9.17, 15) is 18.4 Å². The lowest BCUT2D eigenvalue weighted by molar-refractivity contribution is 0.142. The van der Waals surface area contributed by atoms with E-state index < -0.39 is 0 Å². The maximum atomic E-state index is 13.7. The van der Waals surface area contributed by atoms with Crippen LogP contribution in [0.1, 0.15) is 11.3 Å². The molecule has 0 saturated carbocycles. The highest BCUT2D eigenvalue weighted by Crippen LogP contribution is 2.25. The van der Waals surface area contributed by atoms with Gasteiger partial charge >= 0.3 is 6.03 Å². The van der Waals surface area contributed by atoms with Crippen LogP contribution in [0.2, 0.25) is 0 Å². The molecule has 2 aromatic heterocycles. The molecule has 11 heteroatoms. The van der Waals surface area contributed by atoms with Crippen LogP contribution in [0.25, 0.3) is 15.5 Å². The molecule has 35 heavy (non-hydrogen) atoms. The molecule has 2 aromatic carbocycles. The van der Waals surface area contributed by atoms with Crippen LogP contribution in [0.5, 0.6) is 0 Å². The summed E-state index contributed by atoms with van der Waals surface area (Å²) < 4.78 is 28.5. The van der Waals surface area contributed by atoms with Crippen LogP contribution >= 0.6 is 11.3 Å². The van der Waals surface area contributed by atoms with Crippen LogP contribution in [0.4, 0.5) is 19.3 Å². The number of benzene rings is 2. The number of hydrogen-bond acceptors (Lipinski definition) is 6. The topological polar surface area (TPSA) is 82.8 Å². The monoisotopic (exact) mass is 496 g/mol. The average molecular weight is 497 g/mol. The van der Waals surface area contributed by atoms with Crippen molar-refractivity contribution in [3.8, 4) is 10.6 Å². The van der Waals surface area contributed by atoms with Gasteiger partial charge in [-0.1, -0.05) is 29.5 Å². The molecule has 2 amide bonds. The number of halogens is 2. The molecule has 0 radical (unpaired) electrons. The molecule has 1 fully saturated rings. The third kappa shape index (κ3) is 5.05. The number of aryl methyl sites for hydroxylation is 1. The second kappa shape index (κ2) is 9.51. The Morgan fingerprint density at radius 1 is 1.09 bits per heavy atom. The number of piperazine rings is 1. The van der Waals surface area contributed by atoms with Crippen LogP contribution in [0.15, 0.2) is 53.3 Å². The molecule has 8 nitrogen and oxygen atoms in total. The number of carbonyl (C=O) groups is 1. The van der Waals surface area contributed by atoms with Gasteiger partial charge in [-0.15, -0.1) is 0 Å². The molecule has 4 aromatic rings. The third-order valence-corrected chi connectivity index (χ3v) is 6.80. The van der Waals surface area contributed by atoms with Crippen LogP contribution < -0.4 is 10.9 Å². The molecular weight excluding hydrogens is 474 g/mol. The molecule has 5 rings (SSSR count). The van der Waals surface area contributed by atoms with E-state index in [1.165, 1.54) is 40.1 Å². The highest BCUT2D eigenvalue weighted by atomic mass is 32.1. The Labute approximate surface area is 203 Å². The molecule has 0 atom stereocenters. The number of nitrogens with one attached hydrogen (secondary N) is 1. The Kier molecular flexibility index (Phi) is 6.27. The van der Waals surface area contributed by atoms with Gasteiger partial charge in [0, 0.05) is 50.0 Å². The largest absolute Gasteiger partial charge is 0.322 e. The third-order valence-electron chi connectivity index (χ3n) is 5.84. The van der Waals surface area contributed by atoms with E-state index in [-0.39, 0.29) is 23.2 Å². The fourth-order valence-corrected chi connectivity index (χ4v) is 4.81. The first-order chi connectivity index (χ1) is 16.9. The first kappa shape index (κ1) is 23.1. The Hall–Kier alpha value is -3.70. The zero-order valence-electron chi connectivity index (χ0n) is 18.9. The normalized spacial score (nSPS) is 14.4. The standard InChI is InChI=1S/C24H22F2N6O2S/c1-15-5-6-18(12-20(15)26)27-23(34)31-9-7-30(8-10-31)14-19-13-21(33)32-24(28-19)35-22(29-32)16-3-2-4-17(25)11-16/h2-6,11-13H,7-10,14H2,1H3,(H,27,34). The number of rotatable bonds is 4. The lowest BCUT2D eigenvalue weighted by Crippen LogP contribution is -2.49. The predicted octanol–water partition coefficient (Wildman–Crippen LogP) is 3.75. The van der Waals surface area contributed by atoms with Gasteiger partial charge in [-0.3, -0.25) is 9.69 Å². The molecular formula is C24H22F2N6O2S. The predicted molar refractivity (Wildman–Crippen MR) is 130 cm³/mol. The number of amides is 2. The summed E-state index contributed by atoms with van der Waals surface area (Å²) in [5.41, 5.74) is 1.83. The van der Waals surface area contributed by atoms with Gasteiger partial charge in [0.2, 0.25) is 4.96 Å². The van der Waals surface area contributed by atoms with E-state index >= 15 is 0 Å². The Morgan fingerprint density at radius 3 is 2.63 bits per heavy atom. The highest BCUT2D eigenvalue weighted by Gasteiger charge is 2.22. The van der Waals surface area contributed by atoms with Gasteiger partial charge in [0.1, 0.15) is 16.6 Å².